The molecule has 1 aliphatic carbocycles. The number of hydrogen-bond acceptors (Lipinski definition) is 5. The molecular weight excluding hydrogens is 458 g/mol. The molecule has 0 unspecified atom stereocenters. The van der Waals surface area contributed by atoms with E-state index in [1.807, 2.05) is 4.90 Å². The number of hydrogen-bond donors (Lipinski definition) is 0. The average molecular weight is 494 g/mol. The molecular formula is C24H35N3O4S2. The molecule has 0 bridgehead atoms. The standard InChI is InChI=1S/C24H35N3O4S2/c1-17-11-18(2)14-26(13-17)23(28)15-27-21-12-20(9-10-22(21)32-16-24(27)29)33(30,31)25(3)19-7-5-4-6-8-19/h9-10,12,17-19H,4-8,11,13-16H2,1-3H3/t17-,18-/m0/s1. The number of amides is 2. The molecule has 1 saturated heterocycles. The molecule has 2 amide bonds. The summed E-state index contributed by atoms with van der Waals surface area (Å²) >= 11 is 1.40. The fourth-order valence-electron chi connectivity index (χ4n) is 5.42. The number of thioether (sulfide) groups is 1. The van der Waals surface area contributed by atoms with Crippen LogP contribution in [-0.2, 0) is 19.6 Å². The number of carbonyl (C=O) groups excluding carboxylic acids is 2. The first-order valence-corrected chi connectivity index (χ1v) is 14.4. The molecule has 182 valence electrons. The lowest BCUT2D eigenvalue weighted by Crippen LogP contribution is -2.49. The van der Waals surface area contributed by atoms with Crippen LogP contribution in [0.25, 0.3) is 0 Å². The molecule has 0 aromatic heterocycles. The first-order valence-electron chi connectivity index (χ1n) is 12.0. The second-order valence-corrected chi connectivity index (χ2v) is 13.0. The topological polar surface area (TPSA) is 78.0 Å². The van der Waals surface area contributed by atoms with E-state index < -0.39 is 10.0 Å². The minimum absolute atomic E-state index is 0.0107. The van der Waals surface area contributed by atoms with Crippen LogP contribution in [0.2, 0.25) is 0 Å². The van der Waals surface area contributed by atoms with Crippen molar-refractivity contribution in [3.8, 4) is 0 Å². The summed E-state index contributed by atoms with van der Waals surface area (Å²) in [6.45, 7) is 5.65. The first-order chi connectivity index (χ1) is 15.7. The Morgan fingerprint density at radius 1 is 1.12 bits per heavy atom. The van der Waals surface area contributed by atoms with Crippen molar-refractivity contribution in [2.24, 2.45) is 11.8 Å². The van der Waals surface area contributed by atoms with E-state index in [4.69, 9.17) is 0 Å². The van der Waals surface area contributed by atoms with Crippen LogP contribution in [-0.4, -0.2) is 67.9 Å². The summed E-state index contributed by atoms with van der Waals surface area (Å²) in [5.41, 5.74) is 0.529. The van der Waals surface area contributed by atoms with E-state index in [2.05, 4.69) is 13.8 Å². The summed E-state index contributed by atoms with van der Waals surface area (Å²) in [7, 11) is -2.03. The SMILES string of the molecule is C[C@H]1C[C@H](C)CN(C(=O)CN2C(=O)CSc3ccc(S(=O)(=O)N(C)C4CCCCC4)cc32)C1. The molecule has 2 aliphatic heterocycles. The summed E-state index contributed by atoms with van der Waals surface area (Å²) in [4.78, 5) is 30.3. The van der Waals surface area contributed by atoms with E-state index in [9.17, 15) is 18.0 Å². The van der Waals surface area contributed by atoms with Crippen LogP contribution < -0.4 is 4.90 Å². The van der Waals surface area contributed by atoms with Crippen LogP contribution in [0.3, 0.4) is 0 Å². The molecule has 33 heavy (non-hydrogen) atoms. The van der Waals surface area contributed by atoms with Gasteiger partial charge in [0.15, 0.2) is 0 Å². The van der Waals surface area contributed by atoms with Crippen molar-refractivity contribution in [1.82, 2.24) is 9.21 Å². The fourth-order valence-corrected chi connectivity index (χ4v) is 7.78. The number of benzene rings is 1. The maximum atomic E-state index is 13.4. The Balaban J connectivity index is 1.58. The second-order valence-electron chi connectivity index (χ2n) is 9.96. The fraction of sp³-hybridized carbons (Fsp3) is 0.667. The Kier molecular flexibility index (Phi) is 7.41. The number of anilines is 1. The third-order valence-electron chi connectivity index (χ3n) is 7.15. The third-order valence-corrected chi connectivity index (χ3v) is 10.1. The van der Waals surface area contributed by atoms with Gasteiger partial charge in [0, 0.05) is 31.1 Å². The molecule has 2 atom stereocenters. The minimum Gasteiger partial charge on any atom is -0.341 e. The van der Waals surface area contributed by atoms with Crippen molar-refractivity contribution in [1.29, 1.82) is 0 Å². The lowest BCUT2D eigenvalue weighted by molar-refractivity contribution is -0.133. The zero-order valence-corrected chi connectivity index (χ0v) is 21.5. The van der Waals surface area contributed by atoms with Crippen molar-refractivity contribution in [3.63, 3.8) is 0 Å². The molecule has 1 saturated carbocycles. The second kappa shape index (κ2) is 9.96. The van der Waals surface area contributed by atoms with Gasteiger partial charge in [-0.05, 0) is 49.3 Å². The van der Waals surface area contributed by atoms with Crippen LogP contribution in [0.1, 0.15) is 52.4 Å². The molecule has 2 heterocycles. The van der Waals surface area contributed by atoms with Crippen LogP contribution in [0.5, 0.6) is 0 Å². The van der Waals surface area contributed by atoms with Gasteiger partial charge in [0.2, 0.25) is 21.8 Å². The lowest BCUT2D eigenvalue weighted by atomic mass is 9.92. The van der Waals surface area contributed by atoms with Gasteiger partial charge in [0.05, 0.1) is 16.3 Å². The van der Waals surface area contributed by atoms with Crippen molar-refractivity contribution >= 4 is 39.3 Å². The highest BCUT2D eigenvalue weighted by Crippen LogP contribution is 2.38. The number of sulfonamides is 1. The van der Waals surface area contributed by atoms with Crippen molar-refractivity contribution < 1.29 is 18.0 Å². The predicted molar refractivity (Wildman–Crippen MR) is 131 cm³/mol. The molecule has 7 nitrogen and oxygen atoms in total. The van der Waals surface area contributed by atoms with Crippen molar-refractivity contribution in [2.75, 3.05) is 37.3 Å². The summed E-state index contributed by atoms with van der Waals surface area (Å²) in [6, 6.07) is 5.00. The van der Waals surface area contributed by atoms with Gasteiger partial charge in [-0.3, -0.25) is 9.59 Å². The first kappa shape index (κ1) is 24.5. The predicted octanol–water partition coefficient (Wildman–Crippen LogP) is 3.58. The highest BCUT2D eigenvalue weighted by Gasteiger charge is 2.34. The van der Waals surface area contributed by atoms with Crippen LogP contribution in [0, 0.1) is 11.8 Å². The molecule has 2 fully saturated rings. The molecule has 1 aromatic carbocycles. The molecule has 0 spiro atoms. The molecule has 4 rings (SSSR count). The van der Waals surface area contributed by atoms with E-state index in [0.717, 1.165) is 43.4 Å². The normalized spacial score (nSPS) is 24.8. The average Bonchev–Trinajstić information content (AvgIpc) is 2.80. The highest BCUT2D eigenvalue weighted by molar-refractivity contribution is 8.00. The zero-order chi connectivity index (χ0) is 23.8. The van der Waals surface area contributed by atoms with E-state index >= 15 is 0 Å². The number of carbonyl (C=O) groups is 2. The number of likely N-dealkylation sites (tertiary alicyclic amines) is 1. The van der Waals surface area contributed by atoms with Gasteiger partial charge in [-0.15, -0.1) is 11.8 Å². The quantitative estimate of drug-likeness (QED) is 0.627. The number of fused-ring (bicyclic) bond motifs is 1. The Morgan fingerprint density at radius 3 is 2.45 bits per heavy atom. The maximum absolute atomic E-state index is 13.4. The van der Waals surface area contributed by atoms with Crippen LogP contribution in [0.4, 0.5) is 5.69 Å². The van der Waals surface area contributed by atoms with E-state index in [1.54, 1.807) is 25.2 Å². The summed E-state index contributed by atoms with van der Waals surface area (Å²) < 4.78 is 28.3. The third kappa shape index (κ3) is 5.25. The molecule has 0 N–H and O–H groups in total. The van der Waals surface area contributed by atoms with Crippen molar-refractivity contribution in [2.45, 2.75) is 68.2 Å². The van der Waals surface area contributed by atoms with Crippen LogP contribution in [0.15, 0.2) is 28.0 Å². The van der Waals surface area contributed by atoms with Gasteiger partial charge < -0.3 is 9.80 Å². The van der Waals surface area contributed by atoms with E-state index in [0.29, 0.717) is 30.6 Å². The van der Waals surface area contributed by atoms with E-state index in [-0.39, 0.29) is 35.0 Å². The minimum atomic E-state index is -3.69. The summed E-state index contributed by atoms with van der Waals surface area (Å²) in [5, 5.41) is 0. The van der Waals surface area contributed by atoms with Gasteiger partial charge >= 0.3 is 0 Å². The zero-order valence-electron chi connectivity index (χ0n) is 19.8. The number of rotatable bonds is 5. The van der Waals surface area contributed by atoms with Gasteiger partial charge in [-0.2, -0.15) is 4.31 Å². The highest BCUT2D eigenvalue weighted by atomic mass is 32.2. The van der Waals surface area contributed by atoms with Crippen LogP contribution >= 0.6 is 11.8 Å². The van der Waals surface area contributed by atoms with Gasteiger partial charge in [0.1, 0.15) is 6.54 Å². The van der Waals surface area contributed by atoms with Gasteiger partial charge in [-0.1, -0.05) is 33.1 Å². The summed E-state index contributed by atoms with van der Waals surface area (Å²) in [6.07, 6.45) is 6.10. The Hall–Kier alpha value is -1.58. The summed E-state index contributed by atoms with van der Waals surface area (Å²) in [5.74, 6) is 0.886. The Morgan fingerprint density at radius 2 is 1.79 bits per heavy atom. The Labute approximate surface area is 201 Å². The molecule has 1 aromatic rings. The van der Waals surface area contributed by atoms with Crippen molar-refractivity contribution in [3.05, 3.63) is 18.2 Å². The molecule has 0 radical (unpaired) electrons. The monoisotopic (exact) mass is 493 g/mol. The molecule has 3 aliphatic rings. The Bertz CT molecular complexity index is 997. The smallest absolute Gasteiger partial charge is 0.243 e. The molecule has 9 heteroatoms. The lowest BCUT2D eigenvalue weighted by Gasteiger charge is -2.37. The number of piperidine rings is 1. The van der Waals surface area contributed by atoms with Gasteiger partial charge in [-0.25, -0.2) is 8.42 Å². The largest absolute Gasteiger partial charge is 0.341 e. The maximum Gasteiger partial charge on any atom is 0.243 e. The van der Waals surface area contributed by atoms with E-state index in [1.165, 1.54) is 21.0 Å². The van der Waals surface area contributed by atoms with Gasteiger partial charge in [0.25, 0.3) is 0 Å². The number of nitrogens with zero attached hydrogens (tertiary/aromatic N) is 3.